The summed E-state index contributed by atoms with van der Waals surface area (Å²) in [4.78, 5) is 21.8. The van der Waals surface area contributed by atoms with E-state index in [9.17, 15) is 18.0 Å². The minimum atomic E-state index is -3.78. The van der Waals surface area contributed by atoms with E-state index < -0.39 is 32.8 Å². The highest BCUT2D eigenvalue weighted by Gasteiger charge is 2.33. The van der Waals surface area contributed by atoms with Crippen LogP contribution < -0.4 is 4.72 Å². The van der Waals surface area contributed by atoms with E-state index in [4.69, 9.17) is 5.11 Å². The molecule has 0 saturated heterocycles. The van der Waals surface area contributed by atoms with Crippen LogP contribution in [0, 0.1) is 0 Å². The molecule has 0 amide bonds. The number of carboxylic acids is 1. The highest BCUT2D eigenvalue weighted by molar-refractivity contribution is 7.90. The molecule has 0 aromatic rings. The molecule has 0 unspecified atom stereocenters. The van der Waals surface area contributed by atoms with E-state index in [1.54, 1.807) is 0 Å². The summed E-state index contributed by atoms with van der Waals surface area (Å²) in [7, 11) is -2.60. The molecular formula is C10H19NO6S. The number of nitrogens with one attached hydrogen (secondary N) is 1. The zero-order chi connectivity index (χ0) is 14.6. The van der Waals surface area contributed by atoms with Crippen molar-refractivity contribution in [3.63, 3.8) is 0 Å². The van der Waals surface area contributed by atoms with Crippen molar-refractivity contribution in [3.05, 3.63) is 0 Å². The lowest BCUT2D eigenvalue weighted by atomic mass is 10.2. The summed E-state index contributed by atoms with van der Waals surface area (Å²) in [5.41, 5.74) is 0. The summed E-state index contributed by atoms with van der Waals surface area (Å²) < 4.78 is 28.9. The highest BCUT2D eigenvalue weighted by atomic mass is 32.2. The molecule has 0 radical (unpaired) electrons. The van der Waals surface area contributed by atoms with E-state index in [-0.39, 0.29) is 12.8 Å². The number of carboxylic acid groups (broad SMARTS) is 1. The first-order chi connectivity index (χ1) is 8.01. The zero-order valence-corrected chi connectivity index (χ0v) is 11.7. The molecule has 106 valence electrons. The Morgan fingerprint density at radius 1 is 1.33 bits per heavy atom. The van der Waals surface area contributed by atoms with E-state index in [0.29, 0.717) is 0 Å². The molecule has 0 rings (SSSR count). The summed E-state index contributed by atoms with van der Waals surface area (Å²) in [6.07, 6.45) is -0.322. The number of rotatable bonds is 6. The van der Waals surface area contributed by atoms with Crippen LogP contribution >= 0.6 is 0 Å². The summed E-state index contributed by atoms with van der Waals surface area (Å²) >= 11 is 0. The maximum Gasteiger partial charge on any atom is 0.321 e. The second kappa shape index (κ2) is 6.14. The number of carbonyl (C=O) groups is 2. The van der Waals surface area contributed by atoms with Crippen molar-refractivity contribution in [2.45, 2.75) is 44.4 Å². The Labute approximate surface area is 107 Å². The molecule has 0 aliphatic carbocycles. The van der Waals surface area contributed by atoms with Gasteiger partial charge in [-0.25, -0.2) is 13.1 Å². The number of carbonyl (C=O) groups excluding carboxylic acids is 1. The van der Waals surface area contributed by atoms with Gasteiger partial charge in [0.05, 0.1) is 11.9 Å². The molecule has 0 saturated carbocycles. The maximum absolute atomic E-state index is 11.8. The first-order valence-electron chi connectivity index (χ1n) is 5.32. The molecule has 0 bridgehead atoms. The fraction of sp³-hybridized carbons (Fsp3) is 0.800. The van der Waals surface area contributed by atoms with Crippen LogP contribution in [0.2, 0.25) is 0 Å². The van der Waals surface area contributed by atoms with Crippen LogP contribution in [0.15, 0.2) is 0 Å². The van der Waals surface area contributed by atoms with Gasteiger partial charge < -0.3 is 9.84 Å². The lowest BCUT2D eigenvalue weighted by Crippen LogP contribution is -2.48. The minimum absolute atomic E-state index is 0.155. The first kappa shape index (κ1) is 16.9. The molecular weight excluding hydrogens is 262 g/mol. The lowest BCUT2D eigenvalue weighted by molar-refractivity contribution is -0.142. The minimum Gasteiger partial charge on any atom is -0.480 e. The number of hydrogen-bond acceptors (Lipinski definition) is 5. The van der Waals surface area contributed by atoms with Crippen molar-refractivity contribution >= 4 is 22.0 Å². The Bertz CT molecular complexity index is 409. The smallest absolute Gasteiger partial charge is 0.321 e. The quantitative estimate of drug-likeness (QED) is 0.669. The number of methoxy groups -OCH3 is 1. The summed E-state index contributed by atoms with van der Waals surface area (Å²) in [5, 5.41) is 8.91. The fourth-order valence-corrected chi connectivity index (χ4v) is 1.91. The normalized spacial score (nSPS) is 14.0. The Morgan fingerprint density at radius 2 is 1.83 bits per heavy atom. The van der Waals surface area contributed by atoms with E-state index in [2.05, 4.69) is 9.46 Å². The largest absolute Gasteiger partial charge is 0.480 e. The predicted molar refractivity (Wildman–Crippen MR) is 64.5 cm³/mol. The predicted octanol–water partition coefficient (Wildman–Crippen LogP) is 0.111. The van der Waals surface area contributed by atoms with Crippen LogP contribution in [0.1, 0.15) is 33.6 Å². The summed E-state index contributed by atoms with van der Waals surface area (Å²) in [5.74, 6) is -1.91. The molecule has 1 atom stereocenters. The second-order valence-corrected chi connectivity index (χ2v) is 7.21. The molecule has 0 heterocycles. The van der Waals surface area contributed by atoms with Crippen LogP contribution in [0.3, 0.4) is 0 Å². The standard InChI is InChI=1S/C10H19NO6S/c1-10(2,3)18(15,16)11-7(9(13)14)5-6-8(12)17-4/h7,11H,5-6H2,1-4H3,(H,13,14)/t7-/m1/s1. The number of esters is 1. The van der Waals surface area contributed by atoms with Gasteiger partial charge in [0.1, 0.15) is 6.04 Å². The number of sulfonamides is 1. The molecule has 0 aliphatic heterocycles. The molecule has 0 aliphatic rings. The third-order valence-electron chi connectivity index (χ3n) is 2.27. The van der Waals surface area contributed by atoms with Gasteiger partial charge in [0.25, 0.3) is 0 Å². The van der Waals surface area contributed by atoms with Gasteiger partial charge in [0, 0.05) is 6.42 Å². The molecule has 2 N–H and O–H groups in total. The SMILES string of the molecule is COC(=O)CC[C@@H](NS(=O)(=O)C(C)(C)C)C(=O)O. The van der Waals surface area contributed by atoms with Crippen LogP contribution in [0.25, 0.3) is 0 Å². The maximum atomic E-state index is 11.8. The molecule has 0 aromatic heterocycles. The van der Waals surface area contributed by atoms with Crippen molar-refractivity contribution in [1.82, 2.24) is 4.72 Å². The number of ether oxygens (including phenoxy) is 1. The van der Waals surface area contributed by atoms with Gasteiger partial charge in [0.2, 0.25) is 10.0 Å². The molecule has 0 spiro atoms. The fourth-order valence-electron chi connectivity index (χ4n) is 0.961. The summed E-state index contributed by atoms with van der Waals surface area (Å²) in [6, 6.07) is -1.34. The Morgan fingerprint density at radius 3 is 2.17 bits per heavy atom. The average molecular weight is 281 g/mol. The van der Waals surface area contributed by atoms with Gasteiger partial charge in [0.15, 0.2) is 0 Å². The average Bonchev–Trinajstić information content (AvgIpc) is 2.21. The van der Waals surface area contributed by atoms with Crippen LogP contribution in [-0.4, -0.2) is 43.4 Å². The van der Waals surface area contributed by atoms with Gasteiger partial charge in [-0.3, -0.25) is 9.59 Å². The summed E-state index contributed by atoms with van der Waals surface area (Å²) in [6.45, 7) is 4.36. The molecule has 0 fully saturated rings. The van der Waals surface area contributed by atoms with Gasteiger partial charge in [-0.05, 0) is 27.2 Å². The second-order valence-electron chi connectivity index (χ2n) is 4.74. The lowest BCUT2D eigenvalue weighted by Gasteiger charge is -2.23. The van der Waals surface area contributed by atoms with E-state index in [0.717, 1.165) is 0 Å². The Balaban J connectivity index is 4.76. The van der Waals surface area contributed by atoms with E-state index in [1.807, 2.05) is 0 Å². The van der Waals surface area contributed by atoms with Crippen molar-refractivity contribution < 1.29 is 27.9 Å². The van der Waals surface area contributed by atoms with E-state index in [1.165, 1.54) is 27.9 Å². The highest BCUT2D eigenvalue weighted by Crippen LogP contribution is 2.15. The van der Waals surface area contributed by atoms with Crippen LogP contribution in [0.5, 0.6) is 0 Å². The Kier molecular flexibility index (Phi) is 5.75. The monoisotopic (exact) mass is 281 g/mol. The van der Waals surface area contributed by atoms with Crippen molar-refractivity contribution in [2.24, 2.45) is 0 Å². The first-order valence-corrected chi connectivity index (χ1v) is 6.81. The topological polar surface area (TPSA) is 110 Å². The molecule has 18 heavy (non-hydrogen) atoms. The molecule has 0 aromatic carbocycles. The van der Waals surface area contributed by atoms with Gasteiger partial charge in [-0.1, -0.05) is 0 Å². The van der Waals surface area contributed by atoms with Crippen molar-refractivity contribution in [2.75, 3.05) is 7.11 Å². The van der Waals surface area contributed by atoms with Gasteiger partial charge >= 0.3 is 11.9 Å². The number of hydrogen-bond donors (Lipinski definition) is 2. The molecule has 7 nitrogen and oxygen atoms in total. The van der Waals surface area contributed by atoms with Crippen LogP contribution in [0.4, 0.5) is 0 Å². The van der Waals surface area contributed by atoms with Gasteiger partial charge in [-0.15, -0.1) is 0 Å². The van der Waals surface area contributed by atoms with E-state index >= 15 is 0 Å². The van der Waals surface area contributed by atoms with Crippen molar-refractivity contribution in [3.8, 4) is 0 Å². The van der Waals surface area contributed by atoms with Gasteiger partial charge in [-0.2, -0.15) is 0 Å². The number of aliphatic carboxylic acids is 1. The third-order valence-corrected chi connectivity index (χ3v) is 4.47. The Hall–Kier alpha value is -1.15. The zero-order valence-electron chi connectivity index (χ0n) is 10.9. The van der Waals surface area contributed by atoms with Crippen molar-refractivity contribution in [1.29, 1.82) is 0 Å². The van der Waals surface area contributed by atoms with Crippen LogP contribution in [-0.2, 0) is 24.3 Å². The third kappa shape index (κ3) is 5.01. The molecule has 8 heteroatoms.